The van der Waals surface area contributed by atoms with E-state index in [0.717, 1.165) is 12.1 Å². The molecule has 0 fully saturated rings. The molecule has 3 aromatic rings. The van der Waals surface area contributed by atoms with Gasteiger partial charge in [0.1, 0.15) is 23.1 Å². The fourth-order valence-electron chi connectivity index (χ4n) is 2.30. The van der Waals surface area contributed by atoms with Gasteiger partial charge in [-0.05, 0) is 37.3 Å². The first-order chi connectivity index (χ1) is 12.4. The molecule has 0 bridgehead atoms. The highest BCUT2D eigenvalue weighted by Crippen LogP contribution is 2.23. The molecule has 8 heteroatoms. The molecule has 0 atom stereocenters. The third kappa shape index (κ3) is 3.92. The molecule has 0 aliphatic rings. The van der Waals surface area contributed by atoms with Gasteiger partial charge in [-0.3, -0.25) is 0 Å². The maximum atomic E-state index is 13.8. The summed E-state index contributed by atoms with van der Waals surface area (Å²) in [7, 11) is 0. The van der Waals surface area contributed by atoms with Crippen molar-refractivity contribution >= 4 is 29.1 Å². The van der Waals surface area contributed by atoms with E-state index in [2.05, 4.69) is 20.6 Å². The van der Waals surface area contributed by atoms with Crippen molar-refractivity contribution in [1.82, 2.24) is 9.97 Å². The summed E-state index contributed by atoms with van der Waals surface area (Å²) in [6.07, 6.45) is 0. The van der Waals surface area contributed by atoms with Crippen LogP contribution in [0.25, 0.3) is 0 Å². The number of nitrogens with zero attached hydrogens (tertiary/aromatic N) is 2. The Morgan fingerprint density at radius 3 is 2.38 bits per heavy atom. The number of aromatic carboxylic acids is 1. The van der Waals surface area contributed by atoms with E-state index >= 15 is 0 Å². The molecule has 3 rings (SSSR count). The monoisotopic (exact) mass is 356 g/mol. The van der Waals surface area contributed by atoms with Crippen molar-refractivity contribution in [2.75, 3.05) is 10.6 Å². The van der Waals surface area contributed by atoms with Crippen LogP contribution >= 0.6 is 0 Å². The Kier molecular flexibility index (Phi) is 4.74. The minimum atomic E-state index is -1.05. The Labute approximate surface area is 147 Å². The lowest BCUT2D eigenvalue weighted by Crippen LogP contribution is -2.05. The Morgan fingerprint density at radius 2 is 1.69 bits per heavy atom. The Balaban J connectivity index is 1.88. The molecular weight excluding hydrogens is 342 g/mol. The van der Waals surface area contributed by atoms with Crippen molar-refractivity contribution in [3.05, 3.63) is 71.4 Å². The van der Waals surface area contributed by atoms with Crippen molar-refractivity contribution in [2.45, 2.75) is 6.92 Å². The largest absolute Gasteiger partial charge is 0.478 e. The zero-order valence-electron chi connectivity index (χ0n) is 13.6. The van der Waals surface area contributed by atoms with E-state index in [4.69, 9.17) is 5.11 Å². The van der Waals surface area contributed by atoms with E-state index in [9.17, 15) is 13.6 Å². The zero-order valence-corrected chi connectivity index (χ0v) is 13.6. The first-order valence-corrected chi connectivity index (χ1v) is 7.59. The predicted octanol–water partition coefficient (Wildman–Crippen LogP) is 4.25. The molecule has 1 heterocycles. The summed E-state index contributed by atoms with van der Waals surface area (Å²) in [5, 5.41) is 14.5. The van der Waals surface area contributed by atoms with Gasteiger partial charge in [0, 0.05) is 17.4 Å². The average Bonchev–Trinajstić information content (AvgIpc) is 2.58. The number of carboxylic acid groups (broad SMARTS) is 1. The number of hydrogen-bond acceptors (Lipinski definition) is 5. The number of anilines is 4. The molecule has 26 heavy (non-hydrogen) atoms. The SMILES string of the molecule is Cc1cc(Nc2cccc(C(=O)O)c2)nc(Nc2c(F)cccc2F)n1. The third-order valence-electron chi connectivity index (χ3n) is 3.44. The van der Waals surface area contributed by atoms with Crippen LogP contribution in [0.15, 0.2) is 48.5 Å². The second kappa shape index (κ2) is 7.14. The average molecular weight is 356 g/mol. The summed E-state index contributed by atoms with van der Waals surface area (Å²) in [5.74, 6) is -2.23. The number of aromatic nitrogens is 2. The molecule has 0 aliphatic carbocycles. The van der Waals surface area contributed by atoms with Gasteiger partial charge < -0.3 is 15.7 Å². The number of carboxylic acids is 1. The van der Waals surface area contributed by atoms with Gasteiger partial charge in [0.2, 0.25) is 5.95 Å². The number of hydrogen-bond donors (Lipinski definition) is 3. The van der Waals surface area contributed by atoms with Crippen molar-refractivity contribution in [3.8, 4) is 0 Å². The lowest BCUT2D eigenvalue weighted by Gasteiger charge is -2.11. The van der Waals surface area contributed by atoms with Crippen LogP contribution in [-0.2, 0) is 0 Å². The van der Waals surface area contributed by atoms with E-state index < -0.39 is 17.6 Å². The van der Waals surface area contributed by atoms with E-state index in [-0.39, 0.29) is 17.2 Å². The first kappa shape index (κ1) is 17.3. The standard InChI is InChI=1S/C18H14F2N4O2/c1-10-8-15(22-12-5-2-4-11(9-12)17(25)26)23-18(21-10)24-16-13(19)6-3-7-14(16)20/h2-9H,1H3,(H,25,26)(H2,21,22,23,24). The highest BCUT2D eigenvalue weighted by atomic mass is 19.1. The molecule has 2 aromatic carbocycles. The van der Waals surface area contributed by atoms with Gasteiger partial charge >= 0.3 is 5.97 Å². The van der Waals surface area contributed by atoms with Crippen LogP contribution in [0.4, 0.5) is 31.9 Å². The van der Waals surface area contributed by atoms with Crippen molar-refractivity contribution in [3.63, 3.8) is 0 Å². The van der Waals surface area contributed by atoms with E-state index in [1.165, 1.54) is 18.2 Å². The zero-order chi connectivity index (χ0) is 18.7. The van der Waals surface area contributed by atoms with E-state index in [0.29, 0.717) is 17.2 Å². The number of aryl methyl sites for hydroxylation is 1. The summed E-state index contributed by atoms with van der Waals surface area (Å²) >= 11 is 0. The molecule has 0 radical (unpaired) electrons. The molecule has 6 nitrogen and oxygen atoms in total. The molecule has 0 spiro atoms. The van der Waals surface area contributed by atoms with Crippen LogP contribution in [-0.4, -0.2) is 21.0 Å². The van der Waals surface area contributed by atoms with Crippen LogP contribution in [0, 0.1) is 18.6 Å². The highest BCUT2D eigenvalue weighted by Gasteiger charge is 2.11. The van der Waals surface area contributed by atoms with Gasteiger partial charge in [-0.15, -0.1) is 0 Å². The summed E-state index contributed by atoms with van der Waals surface area (Å²) < 4.78 is 27.5. The maximum Gasteiger partial charge on any atom is 0.335 e. The molecule has 3 N–H and O–H groups in total. The van der Waals surface area contributed by atoms with Crippen LogP contribution in [0.3, 0.4) is 0 Å². The number of halogens is 2. The van der Waals surface area contributed by atoms with Gasteiger partial charge in [0.05, 0.1) is 5.56 Å². The summed E-state index contributed by atoms with van der Waals surface area (Å²) in [6, 6.07) is 11.3. The first-order valence-electron chi connectivity index (χ1n) is 7.59. The molecule has 0 saturated heterocycles. The lowest BCUT2D eigenvalue weighted by molar-refractivity contribution is 0.0697. The lowest BCUT2D eigenvalue weighted by atomic mass is 10.2. The normalized spacial score (nSPS) is 10.4. The Morgan fingerprint density at radius 1 is 1.00 bits per heavy atom. The summed E-state index contributed by atoms with van der Waals surface area (Å²) in [4.78, 5) is 19.3. The summed E-state index contributed by atoms with van der Waals surface area (Å²) in [5.41, 5.74) is 0.826. The molecule has 0 amide bonds. The second-order valence-electron chi connectivity index (χ2n) is 5.45. The molecule has 132 valence electrons. The smallest absolute Gasteiger partial charge is 0.335 e. The van der Waals surface area contributed by atoms with Crippen LogP contribution in [0.5, 0.6) is 0 Å². The van der Waals surface area contributed by atoms with Crippen molar-refractivity contribution in [2.24, 2.45) is 0 Å². The van der Waals surface area contributed by atoms with Gasteiger partial charge in [0.15, 0.2) is 0 Å². The van der Waals surface area contributed by atoms with Gasteiger partial charge in [0.25, 0.3) is 0 Å². The Bertz CT molecular complexity index is 959. The van der Waals surface area contributed by atoms with Crippen LogP contribution in [0.2, 0.25) is 0 Å². The topological polar surface area (TPSA) is 87.1 Å². The minimum Gasteiger partial charge on any atom is -0.478 e. The van der Waals surface area contributed by atoms with E-state index in [1.807, 2.05) is 0 Å². The highest BCUT2D eigenvalue weighted by molar-refractivity contribution is 5.89. The number of carbonyl (C=O) groups is 1. The molecule has 1 aromatic heterocycles. The van der Waals surface area contributed by atoms with Crippen LogP contribution in [0.1, 0.15) is 16.1 Å². The van der Waals surface area contributed by atoms with Crippen LogP contribution < -0.4 is 10.6 Å². The van der Waals surface area contributed by atoms with Crippen molar-refractivity contribution < 1.29 is 18.7 Å². The molecule has 0 aliphatic heterocycles. The minimum absolute atomic E-state index is 0.00545. The molecule has 0 saturated carbocycles. The van der Waals surface area contributed by atoms with E-state index in [1.54, 1.807) is 25.1 Å². The van der Waals surface area contributed by atoms with Crippen molar-refractivity contribution in [1.29, 1.82) is 0 Å². The van der Waals surface area contributed by atoms with Gasteiger partial charge in [-0.25, -0.2) is 18.6 Å². The Hall–Kier alpha value is -3.55. The maximum absolute atomic E-state index is 13.8. The fraction of sp³-hybridized carbons (Fsp3) is 0.0556. The number of benzene rings is 2. The predicted molar refractivity (Wildman–Crippen MR) is 93.1 cm³/mol. The summed E-state index contributed by atoms with van der Waals surface area (Å²) in [6.45, 7) is 1.70. The fourth-order valence-corrected chi connectivity index (χ4v) is 2.30. The molecule has 0 unspecified atom stereocenters. The quantitative estimate of drug-likeness (QED) is 0.634. The number of rotatable bonds is 5. The molecular formula is C18H14F2N4O2. The third-order valence-corrected chi connectivity index (χ3v) is 3.44. The number of para-hydroxylation sites is 1. The number of nitrogens with one attached hydrogen (secondary N) is 2. The van der Waals surface area contributed by atoms with Gasteiger partial charge in [-0.2, -0.15) is 4.98 Å². The van der Waals surface area contributed by atoms with Gasteiger partial charge in [-0.1, -0.05) is 12.1 Å². The second-order valence-corrected chi connectivity index (χ2v) is 5.45.